The molecule has 3 nitrogen and oxygen atoms in total. The van der Waals surface area contributed by atoms with Gasteiger partial charge in [0.2, 0.25) is 0 Å². The lowest BCUT2D eigenvalue weighted by atomic mass is 10.2. The zero-order valence-electron chi connectivity index (χ0n) is 10.4. The molecule has 0 saturated heterocycles. The van der Waals surface area contributed by atoms with Crippen molar-refractivity contribution >= 4 is 11.6 Å². The maximum atomic E-state index is 6.03. The molecule has 3 rings (SSSR count). The monoisotopic (exact) mass is 269 g/mol. The van der Waals surface area contributed by atoms with E-state index in [2.05, 4.69) is 10.3 Å². The van der Waals surface area contributed by atoms with Crippen LogP contribution in [0.15, 0.2) is 54.7 Å². The summed E-state index contributed by atoms with van der Waals surface area (Å²) in [4.78, 5) is 0. The summed E-state index contributed by atoms with van der Waals surface area (Å²) in [6.45, 7) is 2.02. The van der Waals surface area contributed by atoms with Gasteiger partial charge in [0, 0.05) is 10.6 Å². The fourth-order valence-corrected chi connectivity index (χ4v) is 2.12. The Morgan fingerprint density at radius 3 is 2.63 bits per heavy atom. The Kier molecular flexibility index (Phi) is 3.05. The van der Waals surface area contributed by atoms with Crippen LogP contribution >= 0.6 is 11.6 Å². The standard InChI is InChI=1S/C15H12ClN3/c1-11-7-8-13(16)9-15(11)19-10-14(17-18-19)12-5-3-2-4-6-12/h2-10H,1H3. The summed E-state index contributed by atoms with van der Waals surface area (Å²) >= 11 is 6.03. The first-order valence-corrected chi connectivity index (χ1v) is 6.36. The summed E-state index contributed by atoms with van der Waals surface area (Å²) in [5, 5.41) is 9.07. The molecule has 0 spiro atoms. The molecule has 0 bridgehead atoms. The topological polar surface area (TPSA) is 30.7 Å². The molecule has 2 aromatic carbocycles. The Hall–Kier alpha value is -2.13. The SMILES string of the molecule is Cc1ccc(Cl)cc1-n1cc(-c2ccccc2)nn1. The number of aromatic nitrogens is 3. The highest BCUT2D eigenvalue weighted by molar-refractivity contribution is 6.30. The number of rotatable bonds is 2. The van der Waals surface area contributed by atoms with Gasteiger partial charge in [0.1, 0.15) is 5.69 Å². The van der Waals surface area contributed by atoms with Gasteiger partial charge in [0.25, 0.3) is 0 Å². The van der Waals surface area contributed by atoms with Crippen molar-refractivity contribution < 1.29 is 0 Å². The van der Waals surface area contributed by atoms with Crippen LogP contribution in [0.1, 0.15) is 5.56 Å². The van der Waals surface area contributed by atoms with Crippen LogP contribution in [0.3, 0.4) is 0 Å². The minimum Gasteiger partial charge on any atom is -0.220 e. The third-order valence-electron chi connectivity index (χ3n) is 2.98. The number of hydrogen-bond donors (Lipinski definition) is 0. The second-order valence-corrected chi connectivity index (χ2v) is 4.78. The number of benzene rings is 2. The molecule has 94 valence electrons. The normalized spacial score (nSPS) is 10.6. The quantitative estimate of drug-likeness (QED) is 0.706. The van der Waals surface area contributed by atoms with Crippen LogP contribution in [-0.2, 0) is 0 Å². The molecule has 0 radical (unpaired) electrons. The highest BCUT2D eigenvalue weighted by Gasteiger charge is 2.07. The molecule has 4 heteroatoms. The minimum atomic E-state index is 0.692. The van der Waals surface area contributed by atoms with Crippen LogP contribution in [0.5, 0.6) is 0 Å². The Bertz CT molecular complexity index is 704. The molecular weight excluding hydrogens is 258 g/mol. The molecule has 1 aromatic heterocycles. The molecule has 0 unspecified atom stereocenters. The first-order chi connectivity index (χ1) is 9.24. The number of aryl methyl sites for hydroxylation is 1. The first-order valence-electron chi connectivity index (χ1n) is 5.98. The van der Waals surface area contributed by atoms with E-state index in [0.29, 0.717) is 5.02 Å². The van der Waals surface area contributed by atoms with E-state index in [-0.39, 0.29) is 0 Å². The smallest absolute Gasteiger partial charge is 0.113 e. The highest BCUT2D eigenvalue weighted by atomic mass is 35.5. The number of hydrogen-bond acceptors (Lipinski definition) is 2. The van der Waals surface area contributed by atoms with Crippen molar-refractivity contribution in [1.82, 2.24) is 15.0 Å². The Labute approximate surface area is 116 Å². The Balaban J connectivity index is 2.04. The largest absolute Gasteiger partial charge is 0.220 e. The third-order valence-corrected chi connectivity index (χ3v) is 3.22. The van der Waals surface area contributed by atoms with Gasteiger partial charge < -0.3 is 0 Å². The summed E-state index contributed by atoms with van der Waals surface area (Å²) in [7, 11) is 0. The lowest BCUT2D eigenvalue weighted by Crippen LogP contribution is -1.97. The van der Waals surface area contributed by atoms with Crippen LogP contribution in [0.2, 0.25) is 5.02 Å². The molecule has 19 heavy (non-hydrogen) atoms. The van der Waals surface area contributed by atoms with Crippen molar-refractivity contribution in [3.8, 4) is 16.9 Å². The molecule has 3 aromatic rings. The van der Waals surface area contributed by atoms with Gasteiger partial charge in [0.15, 0.2) is 0 Å². The fraction of sp³-hybridized carbons (Fsp3) is 0.0667. The van der Waals surface area contributed by atoms with Crippen LogP contribution in [-0.4, -0.2) is 15.0 Å². The first kappa shape index (κ1) is 11.9. The summed E-state index contributed by atoms with van der Waals surface area (Å²) in [6.07, 6.45) is 1.91. The van der Waals surface area contributed by atoms with Crippen LogP contribution in [0.25, 0.3) is 16.9 Å². The van der Waals surface area contributed by atoms with Gasteiger partial charge in [-0.15, -0.1) is 5.10 Å². The van der Waals surface area contributed by atoms with Crippen molar-refractivity contribution in [2.45, 2.75) is 6.92 Å². The Morgan fingerprint density at radius 1 is 1.05 bits per heavy atom. The van der Waals surface area contributed by atoms with Gasteiger partial charge in [-0.1, -0.05) is 53.2 Å². The highest BCUT2D eigenvalue weighted by Crippen LogP contribution is 2.21. The Morgan fingerprint density at radius 2 is 1.84 bits per heavy atom. The lowest BCUT2D eigenvalue weighted by Gasteiger charge is -2.04. The van der Waals surface area contributed by atoms with Crippen molar-refractivity contribution in [3.63, 3.8) is 0 Å². The number of nitrogens with zero attached hydrogens (tertiary/aromatic N) is 3. The third kappa shape index (κ3) is 2.37. The average Bonchev–Trinajstić information content (AvgIpc) is 2.92. The van der Waals surface area contributed by atoms with E-state index in [4.69, 9.17) is 11.6 Å². The molecule has 0 fully saturated rings. The van der Waals surface area contributed by atoms with Crippen LogP contribution in [0.4, 0.5) is 0 Å². The molecular formula is C15H12ClN3. The zero-order chi connectivity index (χ0) is 13.2. The molecule has 0 atom stereocenters. The molecule has 0 aliphatic rings. The average molecular weight is 270 g/mol. The van der Waals surface area contributed by atoms with Gasteiger partial charge >= 0.3 is 0 Å². The van der Waals surface area contributed by atoms with Crippen LogP contribution < -0.4 is 0 Å². The summed E-state index contributed by atoms with van der Waals surface area (Å²) in [5.74, 6) is 0. The van der Waals surface area contributed by atoms with E-state index in [1.54, 1.807) is 4.68 Å². The van der Waals surface area contributed by atoms with E-state index in [0.717, 1.165) is 22.5 Å². The van der Waals surface area contributed by atoms with E-state index in [1.807, 2.05) is 61.7 Å². The van der Waals surface area contributed by atoms with Gasteiger partial charge in [-0.25, -0.2) is 4.68 Å². The van der Waals surface area contributed by atoms with Crippen molar-refractivity contribution in [2.24, 2.45) is 0 Å². The molecule has 0 saturated carbocycles. The van der Waals surface area contributed by atoms with Crippen LogP contribution in [0, 0.1) is 6.92 Å². The summed E-state index contributed by atoms with van der Waals surface area (Å²) < 4.78 is 1.75. The predicted molar refractivity (Wildman–Crippen MR) is 76.5 cm³/mol. The predicted octanol–water partition coefficient (Wildman–Crippen LogP) is 3.90. The van der Waals surface area contributed by atoms with E-state index in [1.165, 1.54) is 0 Å². The van der Waals surface area contributed by atoms with E-state index in [9.17, 15) is 0 Å². The van der Waals surface area contributed by atoms with E-state index < -0.39 is 0 Å². The van der Waals surface area contributed by atoms with Gasteiger partial charge in [-0.05, 0) is 24.6 Å². The summed E-state index contributed by atoms with van der Waals surface area (Å²) in [5.41, 5.74) is 3.95. The molecule has 0 aliphatic heterocycles. The van der Waals surface area contributed by atoms with Crippen molar-refractivity contribution in [1.29, 1.82) is 0 Å². The van der Waals surface area contributed by atoms with Gasteiger partial charge in [-0.2, -0.15) is 0 Å². The van der Waals surface area contributed by atoms with E-state index >= 15 is 0 Å². The van der Waals surface area contributed by atoms with Crippen molar-refractivity contribution in [2.75, 3.05) is 0 Å². The molecule has 0 amide bonds. The summed E-state index contributed by atoms with van der Waals surface area (Å²) in [6, 6.07) is 15.7. The zero-order valence-corrected chi connectivity index (χ0v) is 11.2. The fourth-order valence-electron chi connectivity index (χ4n) is 1.95. The minimum absolute atomic E-state index is 0.692. The van der Waals surface area contributed by atoms with Gasteiger partial charge in [0.05, 0.1) is 11.9 Å². The second kappa shape index (κ2) is 4.86. The maximum absolute atomic E-state index is 6.03. The van der Waals surface area contributed by atoms with Gasteiger partial charge in [-0.3, -0.25) is 0 Å². The second-order valence-electron chi connectivity index (χ2n) is 4.35. The van der Waals surface area contributed by atoms with Crippen molar-refractivity contribution in [3.05, 3.63) is 65.3 Å². The molecule has 0 N–H and O–H groups in total. The lowest BCUT2D eigenvalue weighted by molar-refractivity contribution is 0.799. The maximum Gasteiger partial charge on any atom is 0.113 e. The number of halogens is 1. The molecule has 0 aliphatic carbocycles. The molecule has 1 heterocycles.